The molecule has 0 fully saturated rings. The highest BCUT2D eigenvalue weighted by molar-refractivity contribution is 9.10. The zero-order valence-corrected chi connectivity index (χ0v) is 13.6. The molecule has 3 nitrogen and oxygen atoms in total. The van der Waals surface area contributed by atoms with Gasteiger partial charge in [0.15, 0.2) is 11.5 Å². The molecule has 21 heavy (non-hydrogen) atoms. The Morgan fingerprint density at radius 3 is 2.38 bits per heavy atom. The maximum Gasteiger partial charge on any atom is 0.161 e. The van der Waals surface area contributed by atoms with Gasteiger partial charge in [0.2, 0.25) is 0 Å². The Morgan fingerprint density at radius 1 is 1.05 bits per heavy atom. The van der Waals surface area contributed by atoms with Gasteiger partial charge in [0.05, 0.1) is 20.8 Å². The first-order chi connectivity index (χ1) is 10.2. The average Bonchev–Trinajstić information content (AvgIpc) is 2.53. The highest BCUT2D eigenvalue weighted by Gasteiger charge is 2.24. The van der Waals surface area contributed by atoms with Gasteiger partial charge in [-0.05, 0) is 47.4 Å². The van der Waals surface area contributed by atoms with Gasteiger partial charge in [-0.3, -0.25) is 0 Å². The number of methoxy groups -OCH3 is 2. The van der Waals surface area contributed by atoms with Gasteiger partial charge in [0, 0.05) is 4.47 Å². The lowest BCUT2D eigenvalue weighted by atomic mass is 9.92. The highest BCUT2D eigenvalue weighted by atomic mass is 79.9. The number of ether oxygens (including phenoxy) is 3. The summed E-state index contributed by atoms with van der Waals surface area (Å²) in [6.45, 7) is 0.712. The van der Waals surface area contributed by atoms with Gasteiger partial charge in [-0.15, -0.1) is 0 Å². The first kappa shape index (κ1) is 14.4. The van der Waals surface area contributed by atoms with E-state index in [0.29, 0.717) is 6.61 Å². The van der Waals surface area contributed by atoms with Gasteiger partial charge < -0.3 is 14.2 Å². The average molecular weight is 349 g/mol. The largest absolute Gasteiger partial charge is 0.493 e. The molecule has 0 bridgehead atoms. The number of halogens is 1. The summed E-state index contributed by atoms with van der Waals surface area (Å²) in [7, 11) is 3.32. The Morgan fingerprint density at radius 2 is 1.71 bits per heavy atom. The van der Waals surface area contributed by atoms with Crippen LogP contribution >= 0.6 is 15.9 Å². The van der Waals surface area contributed by atoms with Crippen LogP contribution < -0.4 is 9.47 Å². The molecule has 4 heteroatoms. The van der Waals surface area contributed by atoms with Crippen molar-refractivity contribution in [3.63, 3.8) is 0 Å². The highest BCUT2D eigenvalue weighted by Crippen LogP contribution is 2.39. The number of hydrogen-bond acceptors (Lipinski definition) is 3. The first-order valence-corrected chi connectivity index (χ1v) is 7.64. The van der Waals surface area contributed by atoms with Crippen LogP contribution in [0.3, 0.4) is 0 Å². The first-order valence-electron chi connectivity index (χ1n) is 6.85. The predicted octanol–water partition coefficient (Wildman–Crippen LogP) is 4.13. The van der Waals surface area contributed by atoms with E-state index in [1.54, 1.807) is 14.2 Å². The summed E-state index contributed by atoms with van der Waals surface area (Å²) in [6, 6.07) is 12.3. The zero-order chi connectivity index (χ0) is 14.8. The quantitative estimate of drug-likeness (QED) is 0.834. The van der Waals surface area contributed by atoms with Crippen molar-refractivity contribution in [1.82, 2.24) is 0 Å². The molecule has 2 aromatic rings. The van der Waals surface area contributed by atoms with Crippen LogP contribution in [-0.2, 0) is 11.2 Å². The zero-order valence-electron chi connectivity index (χ0n) is 12.1. The summed E-state index contributed by atoms with van der Waals surface area (Å²) in [4.78, 5) is 0. The Labute approximate surface area is 133 Å². The second-order valence-electron chi connectivity index (χ2n) is 4.96. The fraction of sp³-hybridized carbons (Fsp3) is 0.294. The molecule has 0 aromatic heterocycles. The third kappa shape index (κ3) is 2.78. The van der Waals surface area contributed by atoms with E-state index in [0.717, 1.165) is 33.5 Å². The molecule has 0 saturated heterocycles. The van der Waals surface area contributed by atoms with Gasteiger partial charge in [0.25, 0.3) is 0 Å². The second-order valence-corrected chi connectivity index (χ2v) is 5.87. The van der Waals surface area contributed by atoms with Crippen molar-refractivity contribution in [2.75, 3.05) is 20.8 Å². The minimum absolute atomic E-state index is 0.0540. The van der Waals surface area contributed by atoms with E-state index >= 15 is 0 Å². The van der Waals surface area contributed by atoms with Gasteiger partial charge in [-0.1, -0.05) is 28.1 Å². The molecule has 0 amide bonds. The SMILES string of the molecule is COc1cc2c(cc1OC)[C@H](c1ccc(Br)cc1)OCC2. The summed E-state index contributed by atoms with van der Waals surface area (Å²) < 4.78 is 17.9. The fourth-order valence-corrected chi connectivity index (χ4v) is 2.95. The third-order valence-corrected chi connectivity index (χ3v) is 4.29. The lowest BCUT2D eigenvalue weighted by Gasteiger charge is -2.27. The summed E-state index contributed by atoms with van der Waals surface area (Å²) >= 11 is 3.47. The standard InChI is InChI=1S/C17H17BrO3/c1-19-15-9-12-7-8-21-17(14(12)10-16(15)20-2)11-3-5-13(18)6-4-11/h3-6,9-10,17H,7-8H2,1-2H3/t17-/m0/s1. The van der Waals surface area contributed by atoms with Crippen molar-refractivity contribution in [3.05, 3.63) is 57.6 Å². The van der Waals surface area contributed by atoms with Crippen molar-refractivity contribution >= 4 is 15.9 Å². The minimum Gasteiger partial charge on any atom is -0.493 e. The van der Waals surface area contributed by atoms with Crippen LogP contribution in [0.4, 0.5) is 0 Å². The van der Waals surface area contributed by atoms with Crippen LogP contribution in [0.5, 0.6) is 11.5 Å². The van der Waals surface area contributed by atoms with Crippen molar-refractivity contribution in [2.24, 2.45) is 0 Å². The molecule has 3 rings (SSSR count). The number of rotatable bonds is 3. The molecular formula is C17H17BrO3. The third-order valence-electron chi connectivity index (χ3n) is 3.76. The normalized spacial score (nSPS) is 17.2. The van der Waals surface area contributed by atoms with Crippen LogP contribution in [0.2, 0.25) is 0 Å². The van der Waals surface area contributed by atoms with Gasteiger partial charge in [-0.25, -0.2) is 0 Å². The van der Waals surface area contributed by atoms with E-state index < -0.39 is 0 Å². The number of hydrogen-bond donors (Lipinski definition) is 0. The Balaban J connectivity index is 2.06. The molecule has 110 valence electrons. The molecule has 0 radical (unpaired) electrons. The molecule has 1 atom stereocenters. The van der Waals surface area contributed by atoms with Crippen LogP contribution in [0.25, 0.3) is 0 Å². The second kappa shape index (κ2) is 6.08. The minimum atomic E-state index is -0.0540. The van der Waals surface area contributed by atoms with Crippen molar-refractivity contribution in [2.45, 2.75) is 12.5 Å². The molecule has 0 saturated carbocycles. The molecule has 0 unspecified atom stereocenters. The van der Waals surface area contributed by atoms with Gasteiger partial charge in [0.1, 0.15) is 6.10 Å². The summed E-state index contributed by atoms with van der Waals surface area (Å²) in [6.07, 6.45) is 0.838. The van der Waals surface area contributed by atoms with E-state index in [-0.39, 0.29) is 6.10 Å². The molecule has 1 aliphatic heterocycles. The molecule has 0 N–H and O–H groups in total. The number of fused-ring (bicyclic) bond motifs is 1. The molecule has 0 spiro atoms. The smallest absolute Gasteiger partial charge is 0.161 e. The van der Waals surface area contributed by atoms with E-state index in [9.17, 15) is 0 Å². The summed E-state index contributed by atoms with van der Waals surface area (Å²) in [5.41, 5.74) is 3.56. The molecule has 0 aliphatic carbocycles. The summed E-state index contributed by atoms with van der Waals surface area (Å²) in [5, 5.41) is 0. The molecule has 1 heterocycles. The van der Waals surface area contributed by atoms with E-state index in [1.807, 2.05) is 18.2 Å². The van der Waals surface area contributed by atoms with Crippen LogP contribution in [-0.4, -0.2) is 20.8 Å². The molecular weight excluding hydrogens is 332 g/mol. The van der Waals surface area contributed by atoms with Crippen molar-refractivity contribution in [1.29, 1.82) is 0 Å². The predicted molar refractivity (Wildman–Crippen MR) is 85.2 cm³/mol. The maximum absolute atomic E-state index is 5.99. The number of benzene rings is 2. The monoisotopic (exact) mass is 348 g/mol. The summed E-state index contributed by atoms with van der Waals surface area (Å²) in [5.74, 6) is 1.51. The Bertz CT molecular complexity index is 637. The lowest BCUT2D eigenvalue weighted by molar-refractivity contribution is 0.0695. The van der Waals surface area contributed by atoms with Crippen molar-refractivity contribution in [3.8, 4) is 11.5 Å². The topological polar surface area (TPSA) is 27.7 Å². The van der Waals surface area contributed by atoms with Gasteiger partial charge >= 0.3 is 0 Å². The van der Waals surface area contributed by atoms with Gasteiger partial charge in [-0.2, -0.15) is 0 Å². The van der Waals surface area contributed by atoms with E-state index in [4.69, 9.17) is 14.2 Å². The lowest BCUT2D eigenvalue weighted by Crippen LogP contribution is -2.17. The molecule has 2 aromatic carbocycles. The Hall–Kier alpha value is -1.52. The molecule has 1 aliphatic rings. The van der Waals surface area contributed by atoms with Crippen molar-refractivity contribution < 1.29 is 14.2 Å². The van der Waals surface area contributed by atoms with E-state index in [1.165, 1.54) is 5.56 Å². The van der Waals surface area contributed by atoms with E-state index in [2.05, 4.69) is 34.1 Å². The maximum atomic E-state index is 5.99. The van der Waals surface area contributed by atoms with Crippen LogP contribution in [0.1, 0.15) is 22.8 Å². The van der Waals surface area contributed by atoms with Crippen LogP contribution in [0.15, 0.2) is 40.9 Å². The fourth-order valence-electron chi connectivity index (χ4n) is 2.69. The van der Waals surface area contributed by atoms with Crippen LogP contribution in [0, 0.1) is 0 Å². The Kier molecular flexibility index (Phi) is 4.17.